The lowest BCUT2D eigenvalue weighted by molar-refractivity contribution is 0.0766. The highest BCUT2D eigenvalue weighted by Crippen LogP contribution is 2.21. The number of hydrogen-bond acceptors (Lipinski definition) is 7. The van der Waals surface area contributed by atoms with Crippen molar-refractivity contribution in [3.8, 4) is 0 Å². The van der Waals surface area contributed by atoms with Crippen LogP contribution in [0.4, 0.5) is 5.82 Å². The molecule has 170 valence electrons. The van der Waals surface area contributed by atoms with Gasteiger partial charge in [0.25, 0.3) is 5.91 Å². The third kappa shape index (κ3) is 5.82. The molecule has 32 heavy (non-hydrogen) atoms. The van der Waals surface area contributed by atoms with Gasteiger partial charge < -0.3 is 15.1 Å². The van der Waals surface area contributed by atoms with E-state index in [1.807, 2.05) is 34.5 Å². The fourth-order valence-corrected chi connectivity index (χ4v) is 4.71. The van der Waals surface area contributed by atoms with Crippen molar-refractivity contribution < 1.29 is 4.79 Å². The van der Waals surface area contributed by atoms with Gasteiger partial charge >= 0.3 is 0 Å². The number of anilines is 1. The molecule has 0 spiro atoms. The molecule has 1 amide bonds. The van der Waals surface area contributed by atoms with Crippen molar-refractivity contribution in [3.05, 3.63) is 52.5 Å². The third-order valence-electron chi connectivity index (χ3n) is 5.70. The van der Waals surface area contributed by atoms with Gasteiger partial charge in [0.2, 0.25) is 0 Å². The molecule has 0 aliphatic carbocycles. The number of hydrogen-bond donors (Lipinski definition) is 1. The third-order valence-corrected chi connectivity index (χ3v) is 6.55. The number of carbonyl (C=O) groups excluding carboxylic acids is 1. The molecule has 0 unspecified atom stereocenters. The lowest BCUT2D eigenvalue weighted by atomic mass is 10.2. The van der Waals surface area contributed by atoms with E-state index in [1.54, 1.807) is 0 Å². The van der Waals surface area contributed by atoms with Crippen LogP contribution in [0, 0.1) is 0 Å². The summed E-state index contributed by atoms with van der Waals surface area (Å²) in [7, 11) is 4.18. The van der Waals surface area contributed by atoms with Crippen molar-refractivity contribution in [1.82, 2.24) is 24.7 Å². The van der Waals surface area contributed by atoms with Crippen molar-refractivity contribution in [2.24, 2.45) is 0 Å². The molecule has 1 aliphatic heterocycles. The Bertz CT molecular complexity index is 1020. The molecule has 3 heterocycles. The topological polar surface area (TPSA) is 64.6 Å². The van der Waals surface area contributed by atoms with E-state index in [9.17, 15) is 4.79 Å². The Kier molecular flexibility index (Phi) is 7.68. The summed E-state index contributed by atoms with van der Waals surface area (Å²) >= 11 is 1.51. The highest BCUT2D eigenvalue weighted by Gasteiger charge is 2.21. The number of rotatable bonds is 8. The Morgan fingerprint density at radius 3 is 2.78 bits per heavy atom. The van der Waals surface area contributed by atoms with Crippen LogP contribution in [0.3, 0.4) is 0 Å². The highest BCUT2D eigenvalue weighted by molar-refractivity contribution is 7.12. The zero-order valence-electron chi connectivity index (χ0n) is 19.0. The minimum atomic E-state index is 0.146. The zero-order chi connectivity index (χ0) is 22.3. The Balaban J connectivity index is 1.42. The second-order valence-corrected chi connectivity index (χ2v) is 9.44. The van der Waals surface area contributed by atoms with E-state index < -0.39 is 0 Å². The van der Waals surface area contributed by atoms with Crippen molar-refractivity contribution in [2.75, 3.05) is 58.7 Å². The van der Waals surface area contributed by atoms with E-state index >= 15 is 0 Å². The van der Waals surface area contributed by atoms with Crippen molar-refractivity contribution >= 4 is 34.0 Å². The molecule has 1 fully saturated rings. The molecule has 2 aromatic heterocycles. The highest BCUT2D eigenvalue weighted by atomic mass is 32.1. The molecule has 0 saturated carbocycles. The molecule has 1 aromatic carbocycles. The van der Waals surface area contributed by atoms with Gasteiger partial charge in [-0.2, -0.15) is 0 Å². The Labute approximate surface area is 194 Å². The van der Waals surface area contributed by atoms with Crippen LogP contribution in [0.1, 0.15) is 28.3 Å². The van der Waals surface area contributed by atoms with Crippen LogP contribution >= 0.6 is 11.3 Å². The first-order valence-electron chi connectivity index (χ1n) is 11.3. The van der Waals surface area contributed by atoms with Gasteiger partial charge in [-0.15, -0.1) is 11.3 Å². The number of nitrogens with zero attached hydrogens (tertiary/aromatic N) is 5. The fraction of sp³-hybridized carbons (Fsp3) is 0.458. The lowest BCUT2D eigenvalue weighted by Crippen LogP contribution is -2.34. The number of fused-ring (bicyclic) bond motifs is 1. The van der Waals surface area contributed by atoms with Crippen LogP contribution < -0.4 is 5.32 Å². The predicted molar refractivity (Wildman–Crippen MR) is 131 cm³/mol. The van der Waals surface area contributed by atoms with Gasteiger partial charge in [0, 0.05) is 38.1 Å². The van der Waals surface area contributed by atoms with Crippen LogP contribution in [-0.4, -0.2) is 83.9 Å². The normalized spacial score (nSPS) is 15.3. The van der Waals surface area contributed by atoms with Gasteiger partial charge in [0.05, 0.1) is 16.9 Å². The number of benzene rings is 1. The average molecular weight is 453 g/mol. The Morgan fingerprint density at radius 2 is 1.97 bits per heavy atom. The molecule has 4 rings (SSSR count). The van der Waals surface area contributed by atoms with E-state index in [2.05, 4.69) is 41.3 Å². The van der Waals surface area contributed by atoms with E-state index in [0.29, 0.717) is 6.54 Å². The molecule has 8 heteroatoms. The van der Waals surface area contributed by atoms with E-state index in [4.69, 9.17) is 9.97 Å². The summed E-state index contributed by atoms with van der Waals surface area (Å²) in [6.45, 7) is 5.91. The van der Waals surface area contributed by atoms with Crippen molar-refractivity contribution in [2.45, 2.75) is 19.4 Å². The number of carbonyl (C=O) groups is 1. The summed E-state index contributed by atoms with van der Waals surface area (Å²) in [5.74, 6) is 1.89. The molecule has 1 saturated heterocycles. The monoisotopic (exact) mass is 452 g/mol. The standard InChI is InChI=1S/C24H32N6OS/c1-28(2)12-6-11-25-23-19-8-3-4-9-20(19)26-22(27-23)18-29-13-7-14-30(16-15-29)24(31)21-10-5-17-32-21/h3-5,8-10,17H,6-7,11-16,18H2,1-2H3,(H,25,26,27). The van der Waals surface area contributed by atoms with Crippen LogP contribution in [0.25, 0.3) is 10.9 Å². The van der Waals surface area contributed by atoms with Crippen molar-refractivity contribution in [1.29, 1.82) is 0 Å². The molecule has 0 atom stereocenters. The summed E-state index contributed by atoms with van der Waals surface area (Å²) in [6.07, 6.45) is 2.02. The Hall–Kier alpha value is -2.55. The summed E-state index contributed by atoms with van der Waals surface area (Å²) in [4.78, 5) is 29.8. The number of para-hydroxylation sites is 1. The minimum absolute atomic E-state index is 0.146. The van der Waals surface area contributed by atoms with E-state index in [-0.39, 0.29) is 5.91 Å². The smallest absolute Gasteiger partial charge is 0.263 e. The summed E-state index contributed by atoms with van der Waals surface area (Å²) in [6, 6.07) is 12.0. The van der Waals surface area contributed by atoms with E-state index in [1.165, 1.54) is 11.3 Å². The molecule has 1 N–H and O–H groups in total. The van der Waals surface area contributed by atoms with Crippen LogP contribution in [0.2, 0.25) is 0 Å². The van der Waals surface area contributed by atoms with Crippen LogP contribution in [0.5, 0.6) is 0 Å². The second kappa shape index (κ2) is 10.8. The molecular weight excluding hydrogens is 420 g/mol. The van der Waals surface area contributed by atoms with Crippen LogP contribution in [-0.2, 0) is 6.54 Å². The maximum absolute atomic E-state index is 12.7. The van der Waals surface area contributed by atoms with Gasteiger partial charge in [-0.1, -0.05) is 18.2 Å². The van der Waals surface area contributed by atoms with Gasteiger partial charge in [-0.3, -0.25) is 9.69 Å². The molecule has 0 bridgehead atoms. The summed E-state index contributed by atoms with van der Waals surface area (Å²) < 4.78 is 0. The van der Waals surface area contributed by atoms with Gasteiger partial charge in [0.1, 0.15) is 11.6 Å². The Morgan fingerprint density at radius 1 is 1.09 bits per heavy atom. The largest absolute Gasteiger partial charge is 0.369 e. The van der Waals surface area contributed by atoms with Gasteiger partial charge in [-0.05, 0) is 57.1 Å². The van der Waals surface area contributed by atoms with E-state index in [0.717, 1.165) is 79.5 Å². The molecule has 0 radical (unpaired) electrons. The molecular formula is C24H32N6OS. The lowest BCUT2D eigenvalue weighted by Gasteiger charge is -2.21. The number of thiophene rings is 1. The average Bonchev–Trinajstić information content (AvgIpc) is 3.23. The van der Waals surface area contributed by atoms with Crippen molar-refractivity contribution in [3.63, 3.8) is 0 Å². The first kappa shape index (κ1) is 22.6. The van der Waals surface area contributed by atoms with Gasteiger partial charge in [0.15, 0.2) is 0 Å². The van der Waals surface area contributed by atoms with Gasteiger partial charge in [-0.25, -0.2) is 9.97 Å². The molecule has 3 aromatic rings. The number of aromatic nitrogens is 2. The quantitative estimate of drug-likeness (QED) is 0.529. The second-order valence-electron chi connectivity index (χ2n) is 8.49. The summed E-state index contributed by atoms with van der Waals surface area (Å²) in [5.41, 5.74) is 0.969. The summed E-state index contributed by atoms with van der Waals surface area (Å²) in [5, 5.41) is 6.54. The predicted octanol–water partition coefficient (Wildman–Crippen LogP) is 3.40. The maximum atomic E-state index is 12.7. The molecule has 1 aliphatic rings. The maximum Gasteiger partial charge on any atom is 0.263 e. The fourth-order valence-electron chi connectivity index (χ4n) is 4.02. The minimum Gasteiger partial charge on any atom is -0.369 e. The first-order valence-corrected chi connectivity index (χ1v) is 12.2. The number of amides is 1. The molecule has 7 nitrogen and oxygen atoms in total. The zero-order valence-corrected chi connectivity index (χ0v) is 19.8. The SMILES string of the molecule is CN(C)CCCNc1nc(CN2CCCN(C(=O)c3cccs3)CC2)nc2ccccc12. The van der Waals surface area contributed by atoms with Crippen LogP contribution in [0.15, 0.2) is 41.8 Å². The first-order chi connectivity index (χ1) is 15.6. The number of nitrogens with one attached hydrogen (secondary N) is 1.